The molecule has 0 bridgehead atoms. The molecule has 2 N–H and O–H groups in total. The summed E-state index contributed by atoms with van der Waals surface area (Å²) in [6, 6.07) is 2.77. The SMILES string of the molecule is CC(C)(C#N)CNC(=O)C1CCCN1C1CCNCC1. The predicted octanol–water partition coefficient (Wildman–Crippen LogP) is 0.869. The van der Waals surface area contributed by atoms with Crippen molar-refractivity contribution in [1.29, 1.82) is 5.26 Å². The molecule has 0 spiro atoms. The molecule has 0 aromatic carbocycles. The zero-order chi connectivity index (χ0) is 14.6. The number of hydrogen-bond donors (Lipinski definition) is 2. The van der Waals surface area contributed by atoms with Crippen molar-refractivity contribution in [1.82, 2.24) is 15.5 Å². The van der Waals surface area contributed by atoms with Crippen molar-refractivity contribution in [2.45, 2.75) is 51.6 Å². The molecule has 1 amide bonds. The van der Waals surface area contributed by atoms with Gasteiger partial charge in [0, 0.05) is 12.6 Å². The van der Waals surface area contributed by atoms with Crippen molar-refractivity contribution < 1.29 is 4.79 Å². The van der Waals surface area contributed by atoms with Crippen LogP contribution in [0.4, 0.5) is 0 Å². The van der Waals surface area contributed by atoms with Crippen LogP contribution >= 0.6 is 0 Å². The standard InChI is InChI=1S/C15H26N4O/c1-15(2,10-16)11-18-14(20)13-4-3-9-19(13)12-5-7-17-8-6-12/h12-13,17H,3-9,11H2,1-2H3,(H,18,20). The molecule has 0 saturated carbocycles. The summed E-state index contributed by atoms with van der Waals surface area (Å²) in [5, 5.41) is 15.3. The van der Waals surface area contributed by atoms with Gasteiger partial charge in [-0.05, 0) is 59.2 Å². The largest absolute Gasteiger partial charge is 0.353 e. The number of amides is 1. The van der Waals surface area contributed by atoms with Crippen LogP contribution in [0, 0.1) is 16.7 Å². The van der Waals surface area contributed by atoms with Crippen LogP contribution in [-0.2, 0) is 4.79 Å². The highest BCUT2D eigenvalue weighted by atomic mass is 16.2. The lowest BCUT2D eigenvalue weighted by atomic mass is 9.96. The van der Waals surface area contributed by atoms with Gasteiger partial charge in [0.1, 0.15) is 0 Å². The lowest BCUT2D eigenvalue weighted by Crippen LogP contribution is -2.51. The average molecular weight is 278 g/mol. The van der Waals surface area contributed by atoms with E-state index in [4.69, 9.17) is 5.26 Å². The number of rotatable bonds is 4. The Morgan fingerprint density at radius 3 is 2.75 bits per heavy atom. The highest BCUT2D eigenvalue weighted by Gasteiger charge is 2.36. The van der Waals surface area contributed by atoms with Crippen molar-refractivity contribution in [3.05, 3.63) is 0 Å². The Hall–Kier alpha value is -1.12. The lowest BCUT2D eigenvalue weighted by molar-refractivity contribution is -0.126. The summed E-state index contributed by atoms with van der Waals surface area (Å²) in [4.78, 5) is 14.8. The molecule has 2 aliphatic heterocycles. The summed E-state index contributed by atoms with van der Waals surface area (Å²) >= 11 is 0. The molecule has 0 radical (unpaired) electrons. The van der Waals surface area contributed by atoms with Gasteiger partial charge in [-0.1, -0.05) is 0 Å². The lowest BCUT2D eigenvalue weighted by Gasteiger charge is -2.35. The topological polar surface area (TPSA) is 68.2 Å². The van der Waals surface area contributed by atoms with Gasteiger partial charge in [-0.2, -0.15) is 5.26 Å². The molecule has 5 heteroatoms. The molecule has 112 valence electrons. The van der Waals surface area contributed by atoms with Crippen molar-refractivity contribution in [3.8, 4) is 6.07 Å². The molecule has 5 nitrogen and oxygen atoms in total. The third-order valence-corrected chi connectivity index (χ3v) is 4.38. The molecule has 2 fully saturated rings. The van der Waals surface area contributed by atoms with Crippen molar-refractivity contribution in [2.24, 2.45) is 5.41 Å². The third-order valence-electron chi connectivity index (χ3n) is 4.38. The fourth-order valence-electron chi connectivity index (χ4n) is 3.11. The maximum Gasteiger partial charge on any atom is 0.237 e. The fraction of sp³-hybridized carbons (Fsp3) is 0.867. The minimum atomic E-state index is -0.492. The summed E-state index contributed by atoms with van der Waals surface area (Å²) in [6.07, 6.45) is 4.31. The van der Waals surface area contributed by atoms with Crippen LogP contribution in [0.15, 0.2) is 0 Å². The van der Waals surface area contributed by atoms with Gasteiger partial charge < -0.3 is 10.6 Å². The van der Waals surface area contributed by atoms with Gasteiger partial charge in [0.2, 0.25) is 5.91 Å². The molecule has 2 heterocycles. The molecular formula is C15H26N4O. The summed E-state index contributed by atoms with van der Waals surface area (Å²) in [6.45, 7) is 7.27. The zero-order valence-corrected chi connectivity index (χ0v) is 12.6. The summed E-state index contributed by atoms with van der Waals surface area (Å²) in [7, 11) is 0. The zero-order valence-electron chi connectivity index (χ0n) is 12.6. The van der Waals surface area contributed by atoms with Crippen molar-refractivity contribution in [2.75, 3.05) is 26.2 Å². The van der Waals surface area contributed by atoms with E-state index in [1.165, 1.54) is 0 Å². The van der Waals surface area contributed by atoms with E-state index in [0.717, 1.165) is 45.3 Å². The molecular weight excluding hydrogens is 252 g/mol. The highest BCUT2D eigenvalue weighted by Crippen LogP contribution is 2.24. The molecule has 0 aliphatic carbocycles. The number of nitrogens with one attached hydrogen (secondary N) is 2. The number of nitrogens with zero attached hydrogens (tertiary/aromatic N) is 2. The summed E-state index contributed by atoms with van der Waals surface area (Å²) in [5.41, 5.74) is -0.492. The molecule has 2 rings (SSSR count). The maximum atomic E-state index is 12.4. The number of likely N-dealkylation sites (tertiary alicyclic amines) is 1. The summed E-state index contributed by atoms with van der Waals surface area (Å²) in [5.74, 6) is 0.101. The number of carbonyl (C=O) groups is 1. The first kappa shape index (κ1) is 15.3. The Balaban J connectivity index is 1.89. The quantitative estimate of drug-likeness (QED) is 0.800. The van der Waals surface area contributed by atoms with Gasteiger partial charge in [0.25, 0.3) is 0 Å². The van der Waals surface area contributed by atoms with E-state index in [1.54, 1.807) is 0 Å². The normalized spacial score (nSPS) is 25.4. The minimum Gasteiger partial charge on any atom is -0.353 e. The highest BCUT2D eigenvalue weighted by molar-refractivity contribution is 5.82. The second-order valence-corrected chi connectivity index (χ2v) is 6.59. The first-order chi connectivity index (χ1) is 9.53. The van der Waals surface area contributed by atoms with E-state index in [0.29, 0.717) is 12.6 Å². The van der Waals surface area contributed by atoms with Crippen LogP contribution < -0.4 is 10.6 Å². The Labute approximate surface area is 121 Å². The van der Waals surface area contributed by atoms with Crippen LogP contribution in [0.1, 0.15) is 39.5 Å². The van der Waals surface area contributed by atoms with E-state index >= 15 is 0 Å². The molecule has 1 atom stereocenters. The molecule has 20 heavy (non-hydrogen) atoms. The second-order valence-electron chi connectivity index (χ2n) is 6.59. The first-order valence-corrected chi connectivity index (χ1v) is 7.69. The Kier molecular flexibility index (Phi) is 5.00. The van der Waals surface area contributed by atoms with E-state index < -0.39 is 5.41 Å². The smallest absolute Gasteiger partial charge is 0.237 e. The Morgan fingerprint density at radius 1 is 1.40 bits per heavy atom. The van der Waals surface area contributed by atoms with Gasteiger partial charge in [0.15, 0.2) is 0 Å². The number of carbonyl (C=O) groups excluding carboxylic acids is 1. The van der Waals surface area contributed by atoms with Crippen LogP contribution in [-0.4, -0.2) is 49.1 Å². The second kappa shape index (κ2) is 6.55. The van der Waals surface area contributed by atoms with Gasteiger partial charge in [0.05, 0.1) is 17.5 Å². The number of hydrogen-bond acceptors (Lipinski definition) is 4. The van der Waals surface area contributed by atoms with Crippen LogP contribution in [0.5, 0.6) is 0 Å². The maximum absolute atomic E-state index is 12.4. The van der Waals surface area contributed by atoms with Crippen LogP contribution in [0.25, 0.3) is 0 Å². The van der Waals surface area contributed by atoms with Gasteiger partial charge in [-0.25, -0.2) is 0 Å². The monoisotopic (exact) mass is 278 g/mol. The van der Waals surface area contributed by atoms with E-state index in [9.17, 15) is 4.79 Å². The molecule has 0 aromatic heterocycles. The van der Waals surface area contributed by atoms with Crippen molar-refractivity contribution >= 4 is 5.91 Å². The molecule has 2 saturated heterocycles. The van der Waals surface area contributed by atoms with Crippen molar-refractivity contribution in [3.63, 3.8) is 0 Å². The number of piperidine rings is 1. The van der Waals surface area contributed by atoms with Crippen LogP contribution in [0.3, 0.4) is 0 Å². The number of nitriles is 1. The average Bonchev–Trinajstić information content (AvgIpc) is 2.95. The van der Waals surface area contributed by atoms with Crippen LogP contribution in [0.2, 0.25) is 0 Å². The van der Waals surface area contributed by atoms with Gasteiger partial charge in [-0.3, -0.25) is 9.69 Å². The first-order valence-electron chi connectivity index (χ1n) is 7.69. The fourth-order valence-corrected chi connectivity index (χ4v) is 3.11. The molecule has 1 unspecified atom stereocenters. The van der Waals surface area contributed by atoms with Gasteiger partial charge in [-0.15, -0.1) is 0 Å². The molecule has 2 aliphatic rings. The van der Waals surface area contributed by atoms with Gasteiger partial charge >= 0.3 is 0 Å². The summed E-state index contributed by atoms with van der Waals surface area (Å²) < 4.78 is 0. The third kappa shape index (κ3) is 3.71. The van der Waals surface area contributed by atoms with E-state index in [2.05, 4.69) is 21.6 Å². The Bertz CT molecular complexity index is 382. The Morgan fingerprint density at radius 2 is 2.10 bits per heavy atom. The minimum absolute atomic E-state index is 0.00703. The predicted molar refractivity (Wildman–Crippen MR) is 78.0 cm³/mol. The van der Waals surface area contributed by atoms with E-state index in [1.807, 2.05) is 13.8 Å². The van der Waals surface area contributed by atoms with E-state index in [-0.39, 0.29) is 11.9 Å². The molecule has 0 aromatic rings.